The third-order valence-electron chi connectivity index (χ3n) is 3.19. The predicted molar refractivity (Wildman–Crippen MR) is 71.7 cm³/mol. The highest BCUT2D eigenvalue weighted by Crippen LogP contribution is 2.33. The molecule has 0 unspecified atom stereocenters. The topological polar surface area (TPSA) is 40.5 Å². The second-order valence-electron chi connectivity index (χ2n) is 4.53. The molecule has 0 atom stereocenters. The molecular formula is C13H16BrNO2. The van der Waals surface area contributed by atoms with Crippen molar-refractivity contribution < 1.29 is 9.90 Å². The fourth-order valence-corrected chi connectivity index (χ4v) is 2.74. The van der Waals surface area contributed by atoms with Crippen LogP contribution in [-0.4, -0.2) is 24.2 Å². The zero-order valence-electron chi connectivity index (χ0n) is 9.82. The maximum Gasteiger partial charge on any atom is 0.335 e. The first-order chi connectivity index (χ1) is 8.11. The fourth-order valence-electron chi connectivity index (χ4n) is 2.25. The summed E-state index contributed by atoms with van der Waals surface area (Å²) in [6.07, 6.45) is 2.47. The van der Waals surface area contributed by atoms with E-state index in [1.807, 2.05) is 6.07 Å². The summed E-state index contributed by atoms with van der Waals surface area (Å²) in [5, 5.41) is 8.98. The first-order valence-corrected chi connectivity index (χ1v) is 6.69. The molecule has 1 aliphatic heterocycles. The van der Waals surface area contributed by atoms with E-state index in [1.54, 1.807) is 12.1 Å². The van der Waals surface area contributed by atoms with Crippen molar-refractivity contribution in [1.82, 2.24) is 0 Å². The number of aromatic carboxylic acids is 1. The van der Waals surface area contributed by atoms with Crippen LogP contribution in [0.5, 0.6) is 0 Å². The standard InChI is InChI=1S/C13H16BrNO2/c1-2-3-9-7-15(8-9)12-6-10(13(16)17)4-5-11(12)14/h4-6,9H,2-3,7-8H2,1H3,(H,16,17). The quantitative estimate of drug-likeness (QED) is 0.926. The molecule has 1 aromatic rings. The molecule has 0 saturated carbocycles. The third-order valence-corrected chi connectivity index (χ3v) is 3.86. The number of rotatable bonds is 4. The van der Waals surface area contributed by atoms with Crippen LogP contribution in [0.25, 0.3) is 0 Å². The van der Waals surface area contributed by atoms with Gasteiger partial charge in [0.25, 0.3) is 0 Å². The van der Waals surface area contributed by atoms with Crippen molar-refractivity contribution in [2.24, 2.45) is 5.92 Å². The molecule has 0 spiro atoms. The van der Waals surface area contributed by atoms with E-state index in [9.17, 15) is 4.79 Å². The Hall–Kier alpha value is -1.03. The minimum absolute atomic E-state index is 0.349. The third kappa shape index (κ3) is 2.63. The van der Waals surface area contributed by atoms with Crippen LogP contribution in [0.4, 0.5) is 5.69 Å². The number of halogens is 1. The summed E-state index contributed by atoms with van der Waals surface area (Å²) in [6, 6.07) is 5.18. The van der Waals surface area contributed by atoms with E-state index in [0.29, 0.717) is 5.56 Å². The van der Waals surface area contributed by atoms with E-state index >= 15 is 0 Å². The van der Waals surface area contributed by atoms with Gasteiger partial charge in [0.1, 0.15) is 0 Å². The lowest BCUT2D eigenvalue weighted by Crippen LogP contribution is -2.46. The fraction of sp³-hybridized carbons (Fsp3) is 0.462. The zero-order valence-corrected chi connectivity index (χ0v) is 11.4. The van der Waals surface area contributed by atoms with E-state index in [4.69, 9.17) is 5.11 Å². The summed E-state index contributed by atoms with van der Waals surface area (Å²) in [7, 11) is 0. The van der Waals surface area contributed by atoms with Crippen LogP contribution < -0.4 is 4.90 Å². The number of anilines is 1. The Bertz CT molecular complexity index is 427. The van der Waals surface area contributed by atoms with Crippen molar-refractivity contribution in [1.29, 1.82) is 0 Å². The molecule has 1 heterocycles. The van der Waals surface area contributed by atoms with Gasteiger partial charge in [-0.15, -0.1) is 0 Å². The Morgan fingerprint density at radius 1 is 1.53 bits per heavy atom. The van der Waals surface area contributed by atoms with E-state index < -0.39 is 5.97 Å². The van der Waals surface area contributed by atoms with Crippen molar-refractivity contribution in [3.8, 4) is 0 Å². The van der Waals surface area contributed by atoms with Gasteiger partial charge in [-0.1, -0.05) is 13.3 Å². The molecule has 4 heteroatoms. The molecule has 0 radical (unpaired) electrons. The van der Waals surface area contributed by atoms with Gasteiger partial charge >= 0.3 is 5.97 Å². The van der Waals surface area contributed by atoms with Gasteiger partial charge in [-0.05, 0) is 46.5 Å². The van der Waals surface area contributed by atoms with Crippen molar-refractivity contribution in [3.63, 3.8) is 0 Å². The molecule has 1 saturated heterocycles. The highest BCUT2D eigenvalue weighted by Gasteiger charge is 2.27. The van der Waals surface area contributed by atoms with Crippen LogP contribution in [0.3, 0.4) is 0 Å². The molecule has 0 amide bonds. The Morgan fingerprint density at radius 3 is 2.82 bits per heavy atom. The largest absolute Gasteiger partial charge is 0.478 e. The molecule has 0 aromatic heterocycles. The maximum atomic E-state index is 10.9. The van der Waals surface area contributed by atoms with Gasteiger partial charge in [-0.3, -0.25) is 0 Å². The summed E-state index contributed by atoms with van der Waals surface area (Å²) in [5.41, 5.74) is 1.35. The first kappa shape index (κ1) is 12.4. The van der Waals surface area contributed by atoms with E-state index in [0.717, 1.165) is 29.2 Å². The lowest BCUT2D eigenvalue weighted by Gasteiger charge is -2.41. The predicted octanol–water partition coefficient (Wildman–Crippen LogP) is 3.38. The highest BCUT2D eigenvalue weighted by molar-refractivity contribution is 9.10. The van der Waals surface area contributed by atoms with Crippen LogP contribution in [0.15, 0.2) is 22.7 Å². The number of hydrogen-bond donors (Lipinski definition) is 1. The average Bonchev–Trinajstić information content (AvgIpc) is 2.24. The monoisotopic (exact) mass is 297 g/mol. The average molecular weight is 298 g/mol. The minimum atomic E-state index is -0.871. The highest BCUT2D eigenvalue weighted by atomic mass is 79.9. The van der Waals surface area contributed by atoms with Crippen LogP contribution in [-0.2, 0) is 0 Å². The molecule has 0 bridgehead atoms. The lowest BCUT2D eigenvalue weighted by atomic mass is 9.94. The number of carboxylic acid groups (broad SMARTS) is 1. The number of carbonyl (C=O) groups is 1. The molecular weight excluding hydrogens is 282 g/mol. The number of hydrogen-bond acceptors (Lipinski definition) is 2. The van der Waals surface area contributed by atoms with Gasteiger partial charge in [0.05, 0.1) is 11.3 Å². The van der Waals surface area contributed by atoms with Gasteiger partial charge in [-0.25, -0.2) is 4.79 Å². The Labute approximate surface area is 110 Å². The van der Waals surface area contributed by atoms with Gasteiger partial charge in [0.15, 0.2) is 0 Å². The SMILES string of the molecule is CCCC1CN(c2cc(C(=O)O)ccc2Br)C1. The maximum absolute atomic E-state index is 10.9. The molecule has 1 aromatic carbocycles. The first-order valence-electron chi connectivity index (χ1n) is 5.89. The van der Waals surface area contributed by atoms with E-state index in [-0.39, 0.29) is 0 Å². The molecule has 0 aliphatic carbocycles. The van der Waals surface area contributed by atoms with Gasteiger partial charge in [-0.2, -0.15) is 0 Å². The van der Waals surface area contributed by atoms with Crippen LogP contribution in [0.2, 0.25) is 0 Å². The lowest BCUT2D eigenvalue weighted by molar-refractivity contribution is 0.0697. The molecule has 17 heavy (non-hydrogen) atoms. The van der Waals surface area contributed by atoms with Crippen molar-refractivity contribution >= 4 is 27.6 Å². The Balaban J connectivity index is 2.11. The summed E-state index contributed by atoms with van der Waals surface area (Å²) in [6.45, 7) is 4.27. The van der Waals surface area contributed by atoms with E-state index in [1.165, 1.54) is 12.8 Å². The number of nitrogens with zero attached hydrogens (tertiary/aromatic N) is 1. The smallest absolute Gasteiger partial charge is 0.335 e. The van der Waals surface area contributed by atoms with Crippen LogP contribution in [0.1, 0.15) is 30.1 Å². The normalized spacial score (nSPS) is 15.8. The summed E-state index contributed by atoms with van der Waals surface area (Å²) < 4.78 is 0.970. The van der Waals surface area contributed by atoms with Gasteiger partial charge in [0.2, 0.25) is 0 Å². The Kier molecular flexibility index (Phi) is 3.72. The summed E-state index contributed by atoms with van der Waals surface area (Å²) in [5.74, 6) is -0.107. The summed E-state index contributed by atoms with van der Waals surface area (Å²) in [4.78, 5) is 13.2. The molecule has 1 fully saturated rings. The molecule has 2 rings (SSSR count). The van der Waals surface area contributed by atoms with Gasteiger partial charge < -0.3 is 10.0 Å². The number of benzene rings is 1. The zero-order chi connectivity index (χ0) is 12.4. The number of carboxylic acids is 1. The molecule has 3 nitrogen and oxygen atoms in total. The van der Waals surface area contributed by atoms with Gasteiger partial charge in [0, 0.05) is 17.6 Å². The van der Waals surface area contributed by atoms with Crippen LogP contribution in [0, 0.1) is 5.92 Å². The molecule has 1 N–H and O–H groups in total. The summed E-state index contributed by atoms with van der Waals surface area (Å²) >= 11 is 3.48. The minimum Gasteiger partial charge on any atom is -0.478 e. The van der Waals surface area contributed by atoms with Crippen LogP contribution >= 0.6 is 15.9 Å². The molecule has 1 aliphatic rings. The second kappa shape index (κ2) is 5.08. The Morgan fingerprint density at radius 2 is 2.24 bits per heavy atom. The van der Waals surface area contributed by atoms with Crippen molar-refractivity contribution in [2.45, 2.75) is 19.8 Å². The van der Waals surface area contributed by atoms with Crippen molar-refractivity contribution in [2.75, 3.05) is 18.0 Å². The van der Waals surface area contributed by atoms with E-state index in [2.05, 4.69) is 27.8 Å². The second-order valence-corrected chi connectivity index (χ2v) is 5.39. The molecule has 92 valence electrons. The van der Waals surface area contributed by atoms with Crippen molar-refractivity contribution in [3.05, 3.63) is 28.2 Å².